The zero-order chi connectivity index (χ0) is 11.7. The molecule has 1 aromatic rings. The van der Waals surface area contributed by atoms with Crippen LogP contribution in [0.2, 0.25) is 0 Å². The molecule has 0 radical (unpaired) electrons. The number of hydrogen-bond acceptors (Lipinski definition) is 1. The van der Waals surface area contributed by atoms with Gasteiger partial charge < -0.3 is 4.90 Å². The zero-order valence-electron chi connectivity index (χ0n) is 10.4. The maximum Gasteiger partial charge on any atom is 0.0426 e. The van der Waals surface area contributed by atoms with Crippen LogP contribution in [0.3, 0.4) is 0 Å². The average Bonchev–Trinajstić information content (AvgIpc) is 2.12. The summed E-state index contributed by atoms with van der Waals surface area (Å²) in [5.74, 6) is 0.924. The zero-order valence-corrected chi connectivity index (χ0v) is 12.0. The van der Waals surface area contributed by atoms with Gasteiger partial charge in [-0.05, 0) is 49.4 Å². The van der Waals surface area contributed by atoms with Crippen LogP contribution < -0.4 is 4.90 Å². The number of nitrogens with zero attached hydrogens (tertiary/aromatic N) is 1. The van der Waals surface area contributed by atoms with E-state index < -0.39 is 0 Å². The fraction of sp³-hybridized carbons (Fsp3) is 0.571. The fourth-order valence-corrected chi connectivity index (χ4v) is 3.43. The van der Waals surface area contributed by atoms with Crippen LogP contribution in [0.4, 0.5) is 5.69 Å². The van der Waals surface area contributed by atoms with Crippen LogP contribution in [0, 0.1) is 19.8 Å². The molecule has 0 saturated carbocycles. The van der Waals surface area contributed by atoms with E-state index >= 15 is 0 Å². The third-order valence-electron chi connectivity index (χ3n) is 3.43. The summed E-state index contributed by atoms with van der Waals surface area (Å²) < 4.78 is 1.19. The maximum absolute atomic E-state index is 3.55. The quantitative estimate of drug-likeness (QED) is 0.798. The van der Waals surface area contributed by atoms with Gasteiger partial charge in [-0.2, -0.15) is 0 Å². The van der Waals surface area contributed by atoms with Crippen molar-refractivity contribution in [2.45, 2.75) is 33.6 Å². The number of rotatable bonds is 3. The van der Waals surface area contributed by atoms with Crippen LogP contribution in [0.1, 0.15) is 30.9 Å². The van der Waals surface area contributed by atoms with Crippen LogP contribution >= 0.6 is 15.9 Å². The van der Waals surface area contributed by atoms with Crippen molar-refractivity contribution < 1.29 is 0 Å². The predicted octanol–water partition coefficient (Wildman–Crippen LogP) is 4.30. The van der Waals surface area contributed by atoms with Gasteiger partial charge in [-0.1, -0.05) is 29.3 Å². The summed E-state index contributed by atoms with van der Waals surface area (Å²) in [5, 5.41) is 0. The van der Waals surface area contributed by atoms with Gasteiger partial charge in [0.05, 0.1) is 0 Å². The molecule has 0 aliphatic carbocycles. The van der Waals surface area contributed by atoms with Gasteiger partial charge in [0.25, 0.3) is 0 Å². The van der Waals surface area contributed by atoms with Gasteiger partial charge in [0.2, 0.25) is 0 Å². The first kappa shape index (κ1) is 12.0. The maximum atomic E-state index is 3.55. The first-order chi connectivity index (χ1) is 7.61. The Morgan fingerprint density at radius 3 is 2.31 bits per heavy atom. The van der Waals surface area contributed by atoms with Crippen molar-refractivity contribution >= 4 is 21.6 Å². The second kappa shape index (κ2) is 4.79. The third-order valence-corrected chi connectivity index (χ3v) is 3.88. The Kier molecular flexibility index (Phi) is 3.58. The Morgan fingerprint density at radius 1 is 1.25 bits per heavy atom. The Balaban J connectivity index is 2.11. The lowest BCUT2D eigenvalue weighted by Gasteiger charge is -2.42. The molecule has 1 aromatic carbocycles. The monoisotopic (exact) mass is 281 g/mol. The molecule has 0 aromatic heterocycles. The van der Waals surface area contributed by atoms with E-state index in [0.717, 1.165) is 5.92 Å². The van der Waals surface area contributed by atoms with Crippen molar-refractivity contribution in [1.82, 2.24) is 0 Å². The van der Waals surface area contributed by atoms with E-state index in [0.29, 0.717) is 0 Å². The Hall–Kier alpha value is -0.500. The highest BCUT2D eigenvalue weighted by molar-refractivity contribution is 9.10. The smallest absolute Gasteiger partial charge is 0.0426 e. The van der Waals surface area contributed by atoms with E-state index in [1.165, 1.54) is 47.2 Å². The first-order valence-electron chi connectivity index (χ1n) is 6.13. The minimum absolute atomic E-state index is 0.924. The summed E-state index contributed by atoms with van der Waals surface area (Å²) in [5.41, 5.74) is 4.24. The SMILES string of the molecule is CCCC1CN(c2c(C)cc(Br)cc2C)C1. The topological polar surface area (TPSA) is 3.24 Å². The summed E-state index contributed by atoms with van der Waals surface area (Å²) in [4.78, 5) is 2.53. The second-order valence-electron chi connectivity index (χ2n) is 4.95. The molecule has 0 bridgehead atoms. The van der Waals surface area contributed by atoms with Crippen molar-refractivity contribution in [3.63, 3.8) is 0 Å². The van der Waals surface area contributed by atoms with Crippen molar-refractivity contribution in [1.29, 1.82) is 0 Å². The highest BCUT2D eigenvalue weighted by Gasteiger charge is 2.27. The lowest BCUT2D eigenvalue weighted by molar-refractivity contribution is 0.380. The minimum Gasteiger partial charge on any atom is -0.370 e. The van der Waals surface area contributed by atoms with E-state index in [-0.39, 0.29) is 0 Å². The standard InChI is InChI=1S/C14H20BrN/c1-4-5-12-8-16(9-12)14-10(2)6-13(15)7-11(14)3/h6-7,12H,4-5,8-9H2,1-3H3. The third kappa shape index (κ3) is 2.27. The molecule has 0 spiro atoms. The van der Waals surface area contributed by atoms with E-state index in [1.54, 1.807) is 0 Å². The summed E-state index contributed by atoms with van der Waals surface area (Å²) >= 11 is 3.55. The van der Waals surface area contributed by atoms with E-state index in [9.17, 15) is 0 Å². The summed E-state index contributed by atoms with van der Waals surface area (Å²) in [6.07, 6.45) is 2.70. The molecule has 0 N–H and O–H groups in total. The van der Waals surface area contributed by atoms with Gasteiger partial charge in [-0.25, -0.2) is 0 Å². The molecule has 0 atom stereocenters. The molecule has 1 saturated heterocycles. The van der Waals surface area contributed by atoms with Crippen LogP contribution in [-0.2, 0) is 0 Å². The normalized spacial score (nSPS) is 16.4. The van der Waals surface area contributed by atoms with Gasteiger partial charge >= 0.3 is 0 Å². The van der Waals surface area contributed by atoms with Gasteiger partial charge in [0, 0.05) is 23.2 Å². The molecular formula is C14H20BrN. The molecule has 88 valence electrons. The molecule has 2 heteroatoms. The highest BCUT2D eigenvalue weighted by Crippen LogP contribution is 2.34. The number of benzene rings is 1. The Bertz CT molecular complexity index is 357. The number of halogens is 1. The molecular weight excluding hydrogens is 262 g/mol. The Labute approximate surface area is 107 Å². The van der Waals surface area contributed by atoms with Crippen molar-refractivity contribution in [3.8, 4) is 0 Å². The van der Waals surface area contributed by atoms with Gasteiger partial charge in [0.15, 0.2) is 0 Å². The summed E-state index contributed by atoms with van der Waals surface area (Å²) in [6.45, 7) is 9.19. The Morgan fingerprint density at radius 2 is 1.81 bits per heavy atom. The number of aryl methyl sites for hydroxylation is 2. The fourth-order valence-electron chi connectivity index (χ4n) is 2.75. The predicted molar refractivity (Wildman–Crippen MR) is 74.2 cm³/mol. The average molecular weight is 282 g/mol. The van der Waals surface area contributed by atoms with Gasteiger partial charge in [-0.3, -0.25) is 0 Å². The van der Waals surface area contributed by atoms with Crippen molar-refractivity contribution in [3.05, 3.63) is 27.7 Å². The van der Waals surface area contributed by atoms with Gasteiger partial charge in [0.1, 0.15) is 0 Å². The molecule has 0 unspecified atom stereocenters. The van der Waals surface area contributed by atoms with Crippen LogP contribution in [-0.4, -0.2) is 13.1 Å². The molecule has 0 amide bonds. The molecule has 16 heavy (non-hydrogen) atoms. The van der Waals surface area contributed by atoms with Crippen LogP contribution in [0.5, 0.6) is 0 Å². The lowest BCUT2D eigenvalue weighted by atomic mass is 9.92. The molecule has 1 nitrogen and oxygen atoms in total. The van der Waals surface area contributed by atoms with E-state index in [2.05, 4.69) is 53.7 Å². The second-order valence-corrected chi connectivity index (χ2v) is 5.86. The summed E-state index contributed by atoms with van der Waals surface area (Å²) in [7, 11) is 0. The highest BCUT2D eigenvalue weighted by atomic mass is 79.9. The van der Waals surface area contributed by atoms with Crippen molar-refractivity contribution in [2.75, 3.05) is 18.0 Å². The minimum atomic E-state index is 0.924. The molecule has 2 rings (SSSR count). The molecule has 1 heterocycles. The number of anilines is 1. The van der Waals surface area contributed by atoms with E-state index in [4.69, 9.17) is 0 Å². The van der Waals surface area contributed by atoms with Crippen LogP contribution in [0.25, 0.3) is 0 Å². The molecule has 1 aliphatic heterocycles. The van der Waals surface area contributed by atoms with Crippen molar-refractivity contribution in [2.24, 2.45) is 5.92 Å². The number of hydrogen-bond donors (Lipinski definition) is 0. The lowest BCUT2D eigenvalue weighted by Crippen LogP contribution is -2.47. The first-order valence-corrected chi connectivity index (χ1v) is 6.92. The van der Waals surface area contributed by atoms with E-state index in [1.807, 2.05) is 0 Å². The molecule has 1 fully saturated rings. The summed E-state index contributed by atoms with van der Waals surface area (Å²) in [6, 6.07) is 4.44. The van der Waals surface area contributed by atoms with Gasteiger partial charge in [-0.15, -0.1) is 0 Å². The largest absolute Gasteiger partial charge is 0.370 e. The van der Waals surface area contributed by atoms with Crippen LogP contribution in [0.15, 0.2) is 16.6 Å². The molecule has 1 aliphatic rings.